The predicted octanol–water partition coefficient (Wildman–Crippen LogP) is 1.56. The Kier molecular flexibility index (Phi) is 6.08. The average molecular weight is 358 g/mol. The van der Waals surface area contributed by atoms with Crippen molar-refractivity contribution in [3.8, 4) is 0 Å². The molecule has 0 aromatic carbocycles. The number of pyridine rings is 1. The Morgan fingerprint density at radius 1 is 1.31 bits per heavy atom. The Morgan fingerprint density at radius 3 is 2.88 bits per heavy atom. The summed E-state index contributed by atoms with van der Waals surface area (Å²) in [5.74, 6) is 2.45. The zero-order chi connectivity index (χ0) is 18.5. The van der Waals surface area contributed by atoms with E-state index in [0.717, 1.165) is 43.5 Å². The van der Waals surface area contributed by atoms with E-state index in [1.807, 2.05) is 28.8 Å². The molecular formula is C19H31N7. The average Bonchev–Trinajstić information content (AvgIpc) is 3.19. The molecule has 2 aromatic heterocycles. The predicted molar refractivity (Wildman–Crippen MR) is 105 cm³/mol. The van der Waals surface area contributed by atoms with Crippen molar-refractivity contribution >= 4 is 11.6 Å². The third-order valence-corrected chi connectivity index (χ3v) is 5.03. The molecule has 1 aliphatic heterocycles. The Morgan fingerprint density at radius 2 is 2.15 bits per heavy atom. The first-order chi connectivity index (χ1) is 12.6. The van der Waals surface area contributed by atoms with Crippen molar-refractivity contribution in [1.29, 1.82) is 0 Å². The molecule has 1 saturated heterocycles. The molecule has 7 heteroatoms. The van der Waals surface area contributed by atoms with Gasteiger partial charge in [-0.25, -0.2) is 0 Å². The van der Waals surface area contributed by atoms with Crippen LogP contribution in [0.3, 0.4) is 0 Å². The van der Waals surface area contributed by atoms with Gasteiger partial charge in [-0.1, -0.05) is 13.0 Å². The van der Waals surface area contributed by atoms with E-state index in [-0.39, 0.29) is 0 Å². The van der Waals surface area contributed by atoms with Gasteiger partial charge >= 0.3 is 0 Å². The molecule has 0 spiro atoms. The molecule has 0 amide bonds. The summed E-state index contributed by atoms with van der Waals surface area (Å²) >= 11 is 0. The molecular weight excluding hydrogens is 326 g/mol. The number of rotatable bonds is 6. The largest absolute Gasteiger partial charge is 0.357 e. The van der Waals surface area contributed by atoms with Crippen molar-refractivity contribution < 1.29 is 0 Å². The number of likely N-dealkylation sites (tertiary alicyclic amines) is 1. The minimum atomic E-state index is 0.434. The first kappa shape index (κ1) is 18.6. The fourth-order valence-electron chi connectivity index (χ4n) is 3.44. The summed E-state index contributed by atoms with van der Waals surface area (Å²) in [4.78, 5) is 7.28. The number of aliphatic imine (C=N–C) groups is 1. The molecule has 0 radical (unpaired) electrons. The summed E-state index contributed by atoms with van der Waals surface area (Å²) in [6.07, 6.45) is 2.76. The zero-order valence-corrected chi connectivity index (χ0v) is 16.3. The van der Waals surface area contributed by atoms with E-state index in [2.05, 4.69) is 53.4 Å². The van der Waals surface area contributed by atoms with Gasteiger partial charge in [0.25, 0.3) is 0 Å². The van der Waals surface area contributed by atoms with Crippen LogP contribution in [-0.2, 0) is 6.42 Å². The summed E-state index contributed by atoms with van der Waals surface area (Å²) < 4.78 is 2.02. The summed E-state index contributed by atoms with van der Waals surface area (Å²) in [5.41, 5.74) is 0.880. The molecule has 26 heavy (non-hydrogen) atoms. The van der Waals surface area contributed by atoms with Gasteiger partial charge < -0.3 is 10.6 Å². The zero-order valence-electron chi connectivity index (χ0n) is 16.3. The van der Waals surface area contributed by atoms with Crippen molar-refractivity contribution in [2.75, 3.05) is 26.2 Å². The van der Waals surface area contributed by atoms with Crippen LogP contribution in [0.5, 0.6) is 0 Å². The number of hydrogen-bond donors (Lipinski definition) is 2. The van der Waals surface area contributed by atoms with Crippen molar-refractivity contribution in [1.82, 2.24) is 30.1 Å². The topological polar surface area (TPSA) is 69.8 Å². The molecule has 2 unspecified atom stereocenters. The molecule has 7 nitrogen and oxygen atoms in total. The van der Waals surface area contributed by atoms with E-state index in [0.29, 0.717) is 24.5 Å². The molecule has 142 valence electrons. The van der Waals surface area contributed by atoms with Crippen molar-refractivity contribution in [2.45, 2.75) is 46.2 Å². The second-order valence-electron chi connectivity index (χ2n) is 7.33. The lowest BCUT2D eigenvalue weighted by Gasteiger charge is -2.21. The smallest absolute Gasteiger partial charge is 0.191 e. The number of fused-ring (bicyclic) bond motifs is 1. The molecule has 2 N–H and O–H groups in total. The number of hydrogen-bond acceptors (Lipinski definition) is 4. The van der Waals surface area contributed by atoms with Crippen molar-refractivity contribution in [3.63, 3.8) is 0 Å². The molecule has 2 aromatic rings. The minimum Gasteiger partial charge on any atom is -0.357 e. The molecule has 1 aliphatic rings. The molecule has 1 fully saturated rings. The maximum absolute atomic E-state index is 4.76. The van der Waals surface area contributed by atoms with Crippen LogP contribution in [0.1, 0.15) is 33.5 Å². The van der Waals surface area contributed by atoms with E-state index >= 15 is 0 Å². The molecule has 2 atom stereocenters. The van der Waals surface area contributed by atoms with Gasteiger partial charge in [-0.05, 0) is 38.8 Å². The second-order valence-corrected chi connectivity index (χ2v) is 7.33. The Bertz CT molecular complexity index is 736. The Hall–Kier alpha value is -2.15. The minimum absolute atomic E-state index is 0.434. The first-order valence-electron chi connectivity index (χ1n) is 9.66. The lowest BCUT2D eigenvalue weighted by molar-refractivity contribution is 0.265. The van der Waals surface area contributed by atoms with E-state index in [4.69, 9.17) is 4.99 Å². The fraction of sp³-hybridized carbons (Fsp3) is 0.632. The maximum Gasteiger partial charge on any atom is 0.191 e. The third-order valence-electron chi connectivity index (χ3n) is 5.03. The molecule has 0 bridgehead atoms. The van der Waals surface area contributed by atoms with Crippen LogP contribution in [-0.4, -0.2) is 63.7 Å². The highest BCUT2D eigenvalue weighted by Crippen LogP contribution is 2.18. The first-order valence-corrected chi connectivity index (χ1v) is 9.66. The number of aromatic nitrogens is 3. The van der Waals surface area contributed by atoms with Gasteiger partial charge in [-0.2, -0.15) is 0 Å². The number of guanidine groups is 1. The lowest BCUT2D eigenvalue weighted by Crippen LogP contribution is -2.47. The summed E-state index contributed by atoms with van der Waals surface area (Å²) in [6, 6.07) is 6.96. The van der Waals surface area contributed by atoms with Crippen LogP contribution in [0.25, 0.3) is 5.65 Å². The van der Waals surface area contributed by atoms with E-state index in [1.54, 1.807) is 0 Å². The van der Waals surface area contributed by atoms with E-state index in [1.165, 1.54) is 0 Å². The standard InChI is InChI=1S/C19H31N7/c1-5-20-19(22-16-13-25(14(2)3)12-15(16)4)21-10-9-18-24-23-17-8-6-7-11-26(17)18/h6-8,11,14-16H,5,9-10,12-13H2,1-4H3,(H2,20,21,22). The van der Waals surface area contributed by atoms with Crippen molar-refractivity contribution in [2.24, 2.45) is 10.9 Å². The van der Waals surface area contributed by atoms with Gasteiger partial charge in [0, 0.05) is 50.9 Å². The van der Waals surface area contributed by atoms with Gasteiger partial charge in [0.1, 0.15) is 5.82 Å². The highest BCUT2D eigenvalue weighted by molar-refractivity contribution is 5.80. The monoisotopic (exact) mass is 357 g/mol. The highest BCUT2D eigenvalue weighted by atomic mass is 15.3. The molecule has 0 saturated carbocycles. The van der Waals surface area contributed by atoms with Crippen LogP contribution >= 0.6 is 0 Å². The van der Waals surface area contributed by atoms with Crippen LogP contribution in [0.2, 0.25) is 0 Å². The normalized spacial score (nSPS) is 21.7. The van der Waals surface area contributed by atoms with Gasteiger partial charge in [0.15, 0.2) is 11.6 Å². The quantitative estimate of drug-likeness (QED) is 0.606. The Balaban J connectivity index is 1.60. The molecule has 3 rings (SSSR count). The number of nitrogens with zero attached hydrogens (tertiary/aromatic N) is 5. The maximum atomic E-state index is 4.76. The summed E-state index contributed by atoms with van der Waals surface area (Å²) in [5, 5.41) is 15.5. The lowest BCUT2D eigenvalue weighted by atomic mass is 10.1. The summed E-state index contributed by atoms with van der Waals surface area (Å²) in [7, 11) is 0. The Labute approximate surface area is 155 Å². The van der Waals surface area contributed by atoms with Crippen LogP contribution in [0, 0.1) is 5.92 Å². The van der Waals surface area contributed by atoms with Gasteiger partial charge in [0.05, 0.1) is 0 Å². The third kappa shape index (κ3) is 4.33. The van der Waals surface area contributed by atoms with Gasteiger partial charge in [0.2, 0.25) is 0 Å². The van der Waals surface area contributed by atoms with Crippen LogP contribution in [0.15, 0.2) is 29.4 Å². The van der Waals surface area contributed by atoms with Gasteiger partial charge in [-0.15, -0.1) is 10.2 Å². The summed E-state index contributed by atoms with van der Waals surface area (Å²) in [6.45, 7) is 12.7. The fourth-order valence-corrected chi connectivity index (χ4v) is 3.44. The van der Waals surface area contributed by atoms with Gasteiger partial charge in [-0.3, -0.25) is 14.3 Å². The SMILES string of the molecule is CCNC(=NCCc1nnc2ccccn12)NC1CN(C(C)C)CC1C. The molecule has 3 heterocycles. The van der Waals surface area contributed by atoms with E-state index < -0.39 is 0 Å². The van der Waals surface area contributed by atoms with Crippen LogP contribution in [0.4, 0.5) is 0 Å². The number of nitrogens with one attached hydrogen (secondary N) is 2. The molecule has 0 aliphatic carbocycles. The second kappa shape index (κ2) is 8.49. The van der Waals surface area contributed by atoms with Crippen LogP contribution < -0.4 is 10.6 Å². The van der Waals surface area contributed by atoms with Crippen molar-refractivity contribution in [3.05, 3.63) is 30.2 Å². The highest BCUT2D eigenvalue weighted by Gasteiger charge is 2.31. The van der Waals surface area contributed by atoms with E-state index in [9.17, 15) is 0 Å².